The van der Waals surface area contributed by atoms with Crippen LogP contribution in [0.2, 0.25) is 0 Å². The fourth-order valence-corrected chi connectivity index (χ4v) is 0.957. The number of rotatable bonds is 2. The minimum atomic E-state index is -1.25. The molecule has 1 rings (SSSR count). The second-order valence-electron chi connectivity index (χ2n) is 2.86. The maximum Gasteiger partial charge on any atom is 0.346 e. The van der Waals surface area contributed by atoms with Crippen molar-refractivity contribution < 1.29 is 14.3 Å². The number of carboxylic acid groups (broad SMARTS) is 1. The zero-order chi connectivity index (χ0) is 10.7. The van der Waals surface area contributed by atoms with Crippen LogP contribution < -0.4 is 0 Å². The summed E-state index contributed by atoms with van der Waals surface area (Å²) in [5, 5.41) is 17.1. The van der Waals surface area contributed by atoms with Gasteiger partial charge in [-0.1, -0.05) is 0 Å². The highest BCUT2D eigenvalue weighted by molar-refractivity contribution is 5.96. The van der Waals surface area contributed by atoms with Crippen molar-refractivity contribution in [3.05, 3.63) is 28.7 Å². The topological polar surface area (TPSA) is 74.2 Å². The first-order chi connectivity index (χ1) is 6.54. The van der Waals surface area contributed by atoms with Crippen molar-refractivity contribution in [2.24, 2.45) is 0 Å². The molecule has 0 bridgehead atoms. The van der Waals surface area contributed by atoms with Gasteiger partial charge in [-0.3, -0.25) is 0 Å². The Labute approximate surface area is 81.1 Å². The lowest BCUT2D eigenvalue weighted by atomic mass is 10.2. The standard InChI is InChI=1S/C10H9NO3/c1-6-3-9(14-7(6)2)4-8(5-11)10(12)13/h3-4H,1-2H3,(H,12,13)/b8-4-. The Morgan fingerprint density at radius 1 is 1.64 bits per heavy atom. The van der Waals surface area contributed by atoms with Crippen LogP contribution in [-0.2, 0) is 4.79 Å². The number of nitrogens with zero attached hydrogens (tertiary/aromatic N) is 1. The number of carbonyl (C=O) groups is 1. The van der Waals surface area contributed by atoms with Gasteiger partial charge in [0.2, 0.25) is 0 Å². The van der Waals surface area contributed by atoms with Crippen LogP contribution in [0, 0.1) is 25.2 Å². The fourth-order valence-electron chi connectivity index (χ4n) is 0.957. The molecule has 0 radical (unpaired) electrons. The highest BCUT2D eigenvalue weighted by Gasteiger charge is 2.08. The van der Waals surface area contributed by atoms with E-state index in [1.165, 1.54) is 6.08 Å². The summed E-state index contributed by atoms with van der Waals surface area (Å²) in [6.07, 6.45) is 1.21. The quantitative estimate of drug-likeness (QED) is 0.572. The molecule has 0 fully saturated rings. The molecular formula is C10H9NO3. The summed E-state index contributed by atoms with van der Waals surface area (Å²) in [4.78, 5) is 10.5. The third kappa shape index (κ3) is 2.02. The molecule has 4 heteroatoms. The van der Waals surface area contributed by atoms with Crippen LogP contribution in [0.4, 0.5) is 0 Å². The molecule has 0 aliphatic carbocycles. The summed E-state index contributed by atoms with van der Waals surface area (Å²) in [7, 11) is 0. The predicted octanol–water partition coefficient (Wildman–Crippen LogP) is 1.89. The normalized spacial score (nSPS) is 11.1. The molecule has 0 atom stereocenters. The van der Waals surface area contributed by atoms with Crippen LogP contribution in [0.15, 0.2) is 16.1 Å². The van der Waals surface area contributed by atoms with E-state index in [9.17, 15) is 4.79 Å². The van der Waals surface area contributed by atoms with Crippen LogP contribution in [0.25, 0.3) is 6.08 Å². The number of aliphatic carboxylic acids is 1. The van der Waals surface area contributed by atoms with Crippen molar-refractivity contribution in [2.45, 2.75) is 13.8 Å². The molecule has 0 unspecified atom stereocenters. The average Bonchev–Trinajstić information content (AvgIpc) is 2.41. The Morgan fingerprint density at radius 3 is 2.64 bits per heavy atom. The van der Waals surface area contributed by atoms with Crippen LogP contribution >= 0.6 is 0 Å². The number of carboxylic acids is 1. The molecule has 14 heavy (non-hydrogen) atoms. The van der Waals surface area contributed by atoms with E-state index >= 15 is 0 Å². The van der Waals surface area contributed by atoms with Gasteiger partial charge in [-0.25, -0.2) is 4.79 Å². The number of furan rings is 1. The van der Waals surface area contributed by atoms with E-state index < -0.39 is 5.97 Å². The van der Waals surface area contributed by atoms with Gasteiger partial charge >= 0.3 is 5.97 Å². The van der Waals surface area contributed by atoms with Gasteiger partial charge in [0.1, 0.15) is 23.2 Å². The number of aryl methyl sites for hydroxylation is 2. The van der Waals surface area contributed by atoms with Crippen LogP contribution in [0.3, 0.4) is 0 Å². The maximum absolute atomic E-state index is 10.5. The first-order valence-corrected chi connectivity index (χ1v) is 3.96. The number of hydrogen-bond acceptors (Lipinski definition) is 3. The van der Waals surface area contributed by atoms with E-state index in [1.807, 2.05) is 6.92 Å². The van der Waals surface area contributed by atoms with Gasteiger partial charge in [0.15, 0.2) is 0 Å². The molecule has 1 aromatic rings. The zero-order valence-electron chi connectivity index (χ0n) is 7.87. The molecule has 1 heterocycles. The monoisotopic (exact) mass is 191 g/mol. The average molecular weight is 191 g/mol. The summed E-state index contributed by atoms with van der Waals surface area (Å²) in [5.41, 5.74) is 0.595. The second kappa shape index (κ2) is 3.79. The van der Waals surface area contributed by atoms with Crippen molar-refractivity contribution in [1.82, 2.24) is 0 Å². The lowest BCUT2D eigenvalue weighted by Gasteiger charge is -1.87. The predicted molar refractivity (Wildman–Crippen MR) is 49.4 cm³/mol. The Balaban J connectivity index is 3.08. The summed E-state index contributed by atoms with van der Waals surface area (Å²) in [6.45, 7) is 3.63. The molecule has 1 N–H and O–H groups in total. The summed E-state index contributed by atoms with van der Waals surface area (Å²) >= 11 is 0. The minimum absolute atomic E-state index is 0.334. The molecule has 0 aromatic carbocycles. The van der Waals surface area contributed by atoms with Crippen LogP contribution in [0.1, 0.15) is 17.1 Å². The Hall–Kier alpha value is -2.02. The maximum atomic E-state index is 10.5. The third-order valence-electron chi connectivity index (χ3n) is 1.82. The van der Waals surface area contributed by atoms with Gasteiger partial charge in [0.25, 0.3) is 0 Å². The highest BCUT2D eigenvalue weighted by Crippen LogP contribution is 2.15. The lowest BCUT2D eigenvalue weighted by Crippen LogP contribution is -1.96. The summed E-state index contributed by atoms with van der Waals surface area (Å²) < 4.78 is 5.21. The fraction of sp³-hybridized carbons (Fsp3) is 0.200. The van der Waals surface area contributed by atoms with E-state index in [-0.39, 0.29) is 5.57 Å². The molecule has 0 amide bonds. The van der Waals surface area contributed by atoms with Crippen LogP contribution in [-0.4, -0.2) is 11.1 Å². The molecule has 0 saturated carbocycles. The first-order valence-electron chi connectivity index (χ1n) is 3.96. The van der Waals surface area contributed by atoms with Gasteiger partial charge in [0.05, 0.1) is 0 Å². The molecule has 72 valence electrons. The SMILES string of the molecule is Cc1cc(/C=C(/C#N)C(=O)O)oc1C. The first kappa shape index (κ1) is 10.1. The summed E-state index contributed by atoms with van der Waals surface area (Å²) in [6, 6.07) is 3.27. The Kier molecular flexibility index (Phi) is 2.73. The molecule has 0 aliphatic rings. The van der Waals surface area contributed by atoms with Gasteiger partial charge in [-0.05, 0) is 25.5 Å². The van der Waals surface area contributed by atoms with Gasteiger partial charge in [0, 0.05) is 6.08 Å². The molecule has 1 aromatic heterocycles. The van der Waals surface area contributed by atoms with Gasteiger partial charge in [-0.2, -0.15) is 5.26 Å². The van der Waals surface area contributed by atoms with E-state index in [4.69, 9.17) is 14.8 Å². The highest BCUT2D eigenvalue weighted by atomic mass is 16.4. The van der Waals surface area contributed by atoms with Gasteiger partial charge in [-0.15, -0.1) is 0 Å². The van der Waals surface area contributed by atoms with Crippen molar-refractivity contribution in [3.63, 3.8) is 0 Å². The van der Waals surface area contributed by atoms with Crippen molar-refractivity contribution >= 4 is 12.0 Å². The second-order valence-corrected chi connectivity index (χ2v) is 2.86. The zero-order valence-corrected chi connectivity index (χ0v) is 7.87. The summed E-state index contributed by atoms with van der Waals surface area (Å²) in [5.74, 6) is -0.142. The largest absolute Gasteiger partial charge is 0.477 e. The van der Waals surface area contributed by atoms with E-state index in [0.717, 1.165) is 11.3 Å². The van der Waals surface area contributed by atoms with Crippen molar-refractivity contribution in [1.29, 1.82) is 5.26 Å². The van der Waals surface area contributed by atoms with E-state index in [0.29, 0.717) is 5.76 Å². The third-order valence-corrected chi connectivity index (χ3v) is 1.82. The molecule has 4 nitrogen and oxygen atoms in total. The molecule has 0 saturated heterocycles. The molecular weight excluding hydrogens is 182 g/mol. The Bertz CT molecular complexity index is 415. The molecule has 0 aliphatic heterocycles. The van der Waals surface area contributed by atoms with E-state index in [2.05, 4.69) is 0 Å². The number of nitriles is 1. The minimum Gasteiger partial charge on any atom is -0.477 e. The van der Waals surface area contributed by atoms with E-state index in [1.54, 1.807) is 19.1 Å². The smallest absolute Gasteiger partial charge is 0.346 e. The Morgan fingerprint density at radius 2 is 2.29 bits per heavy atom. The van der Waals surface area contributed by atoms with Crippen LogP contribution in [0.5, 0.6) is 0 Å². The molecule has 0 spiro atoms. The van der Waals surface area contributed by atoms with Crippen molar-refractivity contribution in [3.8, 4) is 6.07 Å². The number of hydrogen-bond donors (Lipinski definition) is 1. The van der Waals surface area contributed by atoms with Gasteiger partial charge < -0.3 is 9.52 Å². The lowest BCUT2D eigenvalue weighted by molar-refractivity contribution is -0.132. The van der Waals surface area contributed by atoms with Crippen molar-refractivity contribution in [2.75, 3.05) is 0 Å².